The summed E-state index contributed by atoms with van der Waals surface area (Å²) in [4.78, 5) is 19.8. The minimum Gasteiger partial charge on any atom is -0.481 e. The molecule has 1 heterocycles. The highest BCUT2D eigenvalue weighted by atomic mass is 35.5. The monoisotopic (exact) mass is 410 g/mol. The topological polar surface area (TPSA) is 41.9 Å². The SMILES string of the molecule is C#CCOc1ccc(/C=C2\SC(=Nc3ccc(Cl)cc3)N(CCC)C2=O)cc1. The molecular formula is C22H19ClN2O2S. The molecule has 2 aromatic rings. The van der Waals surface area contributed by atoms with Gasteiger partial charge in [-0.15, -0.1) is 6.42 Å². The predicted molar refractivity (Wildman–Crippen MR) is 117 cm³/mol. The molecule has 1 aliphatic rings. The Kier molecular flexibility index (Phi) is 6.80. The van der Waals surface area contributed by atoms with Crippen molar-refractivity contribution in [2.75, 3.05) is 13.2 Å². The fourth-order valence-electron chi connectivity index (χ4n) is 2.57. The van der Waals surface area contributed by atoms with Gasteiger partial charge in [0.15, 0.2) is 5.17 Å². The molecule has 28 heavy (non-hydrogen) atoms. The normalized spacial score (nSPS) is 16.6. The zero-order valence-corrected chi connectivity index (χ0v) is 17.0. The lowest BCUT2D eigenvalue weighted by Crippen LogP contribution is -2.29. The van der Waals surface area contributed by atoms with Crippen molar-refractivity contribution in [3.8, 4) is 18.1 Å². The van der Waals surface area contributed by atoms with Gasteiger partial charge in [-0.3, -0.25) is 9.69 Å². The Bertz CT molecular complexity index is 944. The number of amidine groups is 1. The molecule has 142 valence electrons. The number of rotatable bonds is 6. The van der Waals surface area contributed by atoms with Crippen LogP contribution in [0.3, 0.4) is 0 Å². The van der Waals surface area contributed by atoms with Crippen molar-refractivity contribution in [3.05, 3.63) is 64.0 Å². The molecule has 0 aromatic heterocycles. The number of ether oxygens (including phenoxy) is 1. The number of thioether (sulfide) groups is 1. The van der Waals surface area contributed by atoms with Gasteiger partial charge in [-0.25, -0.2) is 4.99 Å². The first-order valence-electron chi connectivity index (χ1n) is 8.82. The molecule has 4 nitrogen and oxygen atoms in total. The van der Waals surface area contributed by atoms with E-state index in [1.807, 2.05) is 49.4 Å². The third kappa shape index (κ3) is 4.98. The smallest absolute Gasteiger partial charge is 0.266 e. The number of amides is 1. The summed E-state index contributed by atoms with van der Waals surface area (Å²) in [6.45, 7) is 2.88. The number of carbonyl (C=O) groups excluding carboxylic acids is 1. The van der Waals surface area contributed by atoms with Crippen LogP contribution >= 0.6 is 23.4 Å². The number of hydrogen-bond donors (Lipinski definition) is 0. The van der Waals surface area contributed by atoms with Crippen LogP contribution in [0.2, 0.25) is 5.02 Å². The lowest BCUT2D eigenvalue weighted by atomic mass is 10.2. The fraction of sp³-hybridized carbons (Fsp3) is 0.182. The van der Waals surface area contributed by atoms with Gasteiger partial charge in [-0.2, -0.15) is 0 Å². The molecule has 1 aliphatic heterocycles. The van der Waals surface area contributed by atoms with Crippen molar-refractivity contribution in [1.29, 1.82) is 0 Å². The molecule has 3 rings (SSSR count). The van der Waals surface area contributed by atoms with E-state index in [4.69, 9.17) is 22.8 Å². The quantitative estimate of drug-likeness (QED) is 0.475. The van der Waals surface area contributed by atoms with E-state index in [2.05, 4.69) is 10.9 Å². The second kappa shape index (κ2) is 9.50. The van der Waals surface area contributed by atoms with Crippen LogP contribution in [0.1, 0.15) is 18.9 Å². The summed E-state index contributed by atoms with van der Waals surface area (Å²) in [6.07, 6.45) is 7.91. The first-order chi connectivity index (χ1) is 13.6. The molecule has 1 fully saturated rings. The van der Waals surface area contributed by atoms with Gasteiger partial charge in [0.2, 0.25) is 0 Å². The Morgan fingerprint density at radius 3 is 2.57 bits per heavy atom. The first kappa shape index (κ1) is 20.1. The average molecular weight is 411 g/mol. The van der Waals surface area contributed by atoms with E-state index in [-0.39, 0.29) is 12.5 Å². The Morgan fingerprint density at radius 2 is 1.93 bits per heavy atom. The number of terminal acetylenes is 1. The summed E-state index contributed by atoms with van der Waals surface area (Å²) in [5.41, 5.74) is 1.67. The minimum atomic E-state index is -0.0350. The van der Waals surface area contributed by atoms with Crippen molar-refractivity contribution < 1.29 is 9.53 Å². The zero-order valence-electron chi connectivity index (χ0n) is 15.4. The molecule has 0 radical (unpaired) electrons. The Morgan fingerprint density at radius 1 is 1.21 bits per heavy atom. The van der Waals surface area contributed by atoms with Crippen LogP contribution in [-0.2, 0) is 4.79 Å². The average Bonchev–Trinajstić information content (AvgIpc) is 2.98. The Labute approximate surface area is 174 Å². The molecule has 0 N–H and O–H groups in total. The lowest BCUT2D eigenvalue weighted by molar-refractivity contribution is -0.122. The second-order valence-corrected chi connectivity index (χ2v) is 7.45. The van der Waals surface area contributed by atoms with E-state index in [0.717, 1.165) is 17.7 Å². The van der Waals surface area contributed by atoms with E-state index in [0.29, 0.717) is 27.4 Å². The van der Waals surface area contributed by atoms with E-state index >= 15 is 0 Å². The summed E-state index contributed by atoms with van der Waals surface area (Å²) in [6, 6.07) is 14.7. The highest BCUT2D eigenvalue weighted by Crippen LogP contribution is 2.34. The van der Waals surface area contributed by atoms with Gasteiger partial charge in [0, 0.05) is 11.6 Å². The number of halogens is 1. The highest BCUT2D eigenvalue weighted by Gasteiger charge is 2.32. The first-order valence-corrected chi connectivity index (χ1v) is 10.0. The van der Waals surface area contributed by atoms with Crippen LogP contribution in [0.5, 0.6) is 5.75 Å². The molecular weight excluding hydrogens is 392 g/mol. The number of aliphatic imine (C=N–C) groups is 1. The second-order valence-electron chi connectivity index (χ2n) is 6.00. The van der Waals surface area contributed by atoms with Gasteiger partial charge < -0.3 is 4.74 Å². The van der Waals surface area contributed by atoms with Crippen LogP contribution in [0, 0.1) is 12.3 Å². The highest BCUT2D eigenvalue weighted by molar-refractivity contribution is 8.18. The van der Waals surface area contributed by atoms with Gasteiger partial charge in [0.1, 0.15) is 12.4 Å². The molecule has 1 saturated heterocycles. The number of hydrogen-bond acceptors (Lipinski definition) is 4. The molecule has 2 aromatic carbocycles. The molecule has 0 saturated carbocycles. The number of nitrogens with zero attached hydrogens (tertiary/aromatic N) is 2. The largest absolute Gasteiger partial charge is 0.481 e. The van der Waals surface area contributed by atoms with Crippen LogP contribution < -0.4 is 4.74 Å². The number of benzene rings is 2. The maximum Gasteiger partial charge on any atom is 0.266 e. The van der Waals surface area contributed by atoms with Crippen molar-refractivity contribution in [2.24, 2.45) is 4.99 Å². The number of carbonyl (C=O) groups is 1. The summed E-state index contributed by atoms with van der Waals surface area (Å²) in [5.74, 6) is 3.09. The van der Waals surface area contributed by atoms with Crippen molar-refractivity contribution in [3.63, 3.8) is 0 Å². The van der Waals surface area contributed by atoms with E-state index in [1.165, 1.54) is 11.8 Å². The molecule has 0 spiro atoms. The third-order valence-electron chi connectivity index (χ3n) is 3.89. The fourth-order valence-corrected chi connectivity index (χ4v) is 3.73. The lowest BCUT2D eigenvalue weighted by Gasteiger charge is -2.13. The van der Waals surface area contributed by atoms with E-state index in [9.17, 15) is 4.79 Å². The maximum atomic E-state index is 12.9. The van der Waals surface area contributed by atoms with E-state index < -0.39 is 0 Å². The van der Waals surface area contributed by atoms with E-state index in [1.54, 1.807) is 17.0 Å². The molecule has 0 aliphatic carbocycles. The van der Waals surface area contributed by atoms with Crippen LogP contribution in [-0.4, -0.2) is 29.1 Å². The summed E-state index contributed by atoms with van der Waals surface area (Å²) in [5, 5.41) is 1.33. The van der Waals surface area contributed by atoms with Crippen molar-refractivity contribution in [2.45, 2.75) is 13.3 Å². The summed E-state index contributed by atoms with van der Waals surface area (Å²) >= 11 is 7.31. The third-order valence-corrected chi connectivity index (χ3v) is 5.15. The Hall–Kier alpha value is -2.68. The molecule has 0 atom stereocenters. The van der Waals surface area contributed by atoms with Gasteiger partial charge in [0.25, 0.3) is 5.91 Å². The zero-order chi connectivity index (χ0) is 19.9. The minimum absolute atomic E-state index is 0.0350. The van der Waals surface area contributed by atoms with Gasteiger partial charge >= 0.3 is 0 Å². The summed E-state index contributed by atoms with van der Waals surface area (Å²) < 4.78 is 5.38. The van der Waals surface area contributed by atoms with Gasteiger partial charge in [-0.05, 0) is 66.2 Å². The van der Waals surface area contributed by atoms with Gasteiger partial charge in [0.05, 0.1) is 10.6 Å². The van der Waals surface area contributed by atoms with Crippen molar-refractivity contribution >= 4 is 46.2 Å². The van der Waals surface area contributed by atoms with Gasteiger partial charge in [-0.1, -0.05) is 36.6 Å². The van der Waals surface area contributed by atoms with Crippen LogP contribution in [0.25, 0.3) is 6.08 Å². The maximum absolute atomic E-state index is 12.9. The van der Waals surface area contributed by atoms with Crippen LogP contribution in [0.15, 0.2) is 58.4 Å². The molecule has 1 amide bonds. The molecule has 0 unspecified atom stereocenters. The van der Waals surface area contributed by atoms with Crippen LogP contribution in [0.4, 0.5) is 5.69 Å². The molecule has 6 heteroatoms. The predicted octanol–water partition coefficient (Wildman–Crippen LogP) is 5.37. The standard InChI is InChI=1S/C22H19ClN2O2S/c1-3-13-25-21(26)20(15-16-5-11-19(12-6-16)27-14-4-2)28-22(25)24-18-9-7-17(23)8-10-18/h2,5-12,15H,3,13-14H2,1H3/b20-15-,24-22?. The van der Waals surface area contributed by atoms with Crippen molar-refractivity contribution in [1.82, 2.24) is 4.90 Å². The Balaban J connectivity index is 1.84. The summed E-state index contributed by atoms with van der Waals surface area (Å²) in [7, 11) is 0. The molecule has 0 bridgehead atoms.